The first-order valence-corrected chi connectivity index (χ1v) is 12.9. The van der Waals surface area contributed by atoms with Gasteiger partial charge in [0.1, 0.15) is 0 Å². The van der Waals surface area contributed by atoms with Gasteiger partial charge in [-0.3, -0.25) is 14.7 Å². The van der Waals surface area contributed by atoms with Gasteiger partial charge >= 0.3 is 0 Å². The number of pyridine rings is 1. The predicted octanol–water partition coefficient (Wildman–Crippen LogP) is 5.61. The van der Waals surface area contributed by atoms with Crippen molar-refractivity contribution in [1.82, 2.24) is 14.8 Å². The highest BCUT2D eigenvalue weighted by atomic mass is 32.2. The molecule has 2 aliphatic rings. The molecule has 172 valence electrons. The van der Waals surface area contributed by atoms with E-state index in [1.165, 1.54) is 32.2 Å². The molecule has 5 nitrogen and oxygen atoms in total. The number of para-hydroxylation sites is 1. The van der Waals surface area contributed by atoms with Crippen LogP contribution in [-0.4, -0.2) is 53.4 Å². The second-order valence-electron chi connectivity index (χ2n) is 9.31. The number of nitrogens with one attached hydrogen (secondary N) is 1. The number of hydrogen-bond donors (Lipinski definition) is 1. The van der Waals surface area contributed by atoms with Crippen molar-refractivity contribution in [2.75, 3.05) is 37.4 Å². The molecule has 0 atom stereocenters. The van der Waals surface area contributed by atoms with Crippen molar-refractivity contribution < 1.29 is 4.79 Å². The molecule has 1 saturated carbocycles. The van der Waals surface area contributed by atoms with E-state index in [-0.39, 0.29) is 5.91 Å². The fraction of sp³-hybridized carbons (Fsp3) is 0.407. The molecule has 2 fully saturated rings. The van der Waals surface area contributed by atoms with Gasteiger partial charge < -0.3 is 9.62 Å². The molecule has 1 amide bonds. The fourth-order valence-electron chi connectivity index (χ4n) is 5.05. The second kappa shape index (κ2) is 10.1. The van der Waals surface area contributed by atoms with Crippen LogP contribution in [0.2, 0.25) is 0 Å². The number of rotatable bonds is 6. The Morgan fingerprint density at radius 3 is 2.64 bits per heavy atom. The van der Waals surface area contributed by atoms with Gasteiger partial charge in [0.2, 0.25) is 0 Å². The third-order valence-electron chi connectivity index (χ3n) is 6.99. The lowest BCUT2D eigenvalue weighted by Crippen LogP contribution is -2.49. The van der Waals surface area contributed by atoms with Crippen LogP contribution in [-0.2, 0) is 0 Å². The zero-order valence-electron chi connectivity index (χ0n) is 19.3. The molecule has 0 radical (unpaired) electrons. The molecule has 1 aliphatic carbocycles. The number of aryl methyl sites for hydroxylation is 1. The average Bonchev–Trinajstić information content (AvgIpc) is 3.36. The topological polar surface area (TPSA) is 48.5 Å². The van der Waals surface area contributed by atoms with Crippen molar-refractivity contribution >= 4 is 34.4 Å². The summed E-state index contributed by atoms with van der Waals surface area (Å²) < 4.78 is 3.45. The maximum atomic E-state index is 13.1. The van der Waals surface area contributed by atoms with Crippen LogP contribution in [0.15, 0.2) is 59.6 Å². The number of benzene rings is 2. The second-order valence-corrected chi connectivity index (χ2v) is 10.2. The Kier molecular flexibility index (Phi) is 6.83. The molecule has 3 aromatic rings. The molecule has 33 heavy (non-hydrogen) atoms. The molecule has 5 rings (SSSR count). The number of carbonyl (C=O) groups excluding carboxylic acids is 1. The summed E-state index contributed by atoms with van der Waals surface area (Å²) >= 11 is 1.56. The molecule has 2 aromatic carbocycles. The number of hydrogen-bond acceptors (Lipinski definition) is 5. The average molecular weight is 461 g/mol. The van der Waals surface area contributed by atoms with E-state index in [1.54, 1.807) is 11.9 Å². The normalized spacial score (nSPS) is 17.5. The predicted molar refractivity (Wildman–Crippen MR) is 137 cm³/mol. The third-order valence-corrected chi connectivity index (χ3v) is 7.86. The first kappa shape index (κ1) is 22.2. The summed E-state index contributed by atoms with van der Waals surface area (Å²) in [5, 5.41) is 1.13. The minimum atomic E-state index is 0.149. The standard InChI is InChI=1S/C27H32N4OS/c1-20-18-23(27(32)31-16-14-30(15-17-31)19-21-6-2-3-7-21)11-12-24(20)29-33-25-10-4-8-22-9-5-13-28-26(22)25/h4-5,8-13,18,21,29H,2-3,6-7,14-17,19H2,1H3. The smallest absolute Gasteiger partial charge is 0.253 e. The van der Waals surface area contributed by atoms with E-state index >= 15 is 0 Å². The van der Waals surface area contributed by atoms with E-state index in [9.17, 15) is 4.79 Å². The lowest BCUT2D eigenvalue weighted by atomic mass is 10.1. The highest BCUT2D eigenvalue weighted by Crippen LogP contribution is 2.29. The number of piperazine rings is 1. The van der Waals surface area contributed by atoms with E-state index in [0.717, 1.165) is 64.7 Å². The van der Waals surface area contributed by atoms with Crippen LogP contribution in [0.25, 0.3) is 10.9 Å². The molecule has 0 unspecified atom stereocenters. The maximum absolute atomic E-state index is 13.1. The van der Waals surface area contributed by atoms with Crippen LogP contribution in [0.3, 0.4) is 0 Å². The van der Waals surface area contributed by atoms with Crippen LogP contribution < -0.4 is 4.72 Å². The van der Waals surface area contributed by atoms with E-state index in [0.29, 0.717) is 0 Å². The summed E-state index contributed by atoms with van der Waals surface area (Å²) in [6.07, 6.45) is 7.38. The number of amides is 1. The molecular formula is C27H32N4OS. The van der Waals surface area contributed by atoms with Gasteiger partial charge in [-0.1, -0.05) is 31.0 Å². The maximum Gasteiger partial charge on any atom is 0.253 e. The highest BCUT2D eigenvalue weighted by Gasteiger charge is 2.25. The van der Waals surface area contributed by atoms with Gasteiger partial charge in [0.05, 0.1) is 10.4 Å². The summed E-state index contributed by atoms with van der Waals surface area (Å²) in [6.45, 7) is 6.92. The van der Waals surface area contributed by atoms with Gasteiger partial charge in [0, 0.05) is 55.6 Å². The SMILES string of the molecule is Cc1cc(C(=O)N2CCN(CC3CCCC3)CC2)ccc1NSc1cccc2cccnc12. The van der Waals surface area contributed by atoms with E-state index < -0.39 is 0 Å². The van der Waals surface area contributed by atoms with Crippen LogP contribution in [0, 0.1) is 12.8 Å². The Balaban J connectivity index is 1.18. The summed E-state index contributed by atoms with van der Waals surface area (Å²) in [5.41, 5.74) is 3.86. The Labute approximate surface area is 200 Å². The van der Waals surface area contributed by atoms with Crippen molar-refractivity contribution in [1.29, 1.82) is 0 Å². The summed E-state index contributed by atoms with van der Waals surface area (Å²) in [5.74, 6) is 1.02. The molecule has 1 saturated heterocycles. The van der Waals surface area contributed by atoms with Crippen molar-refractivity contribution in [2.45, 2.75) is 37.5 Å². The molecule has 1 N–H and O–H groups in total. The highest BCUT2D eigenvalue weighted by molar-refractivity contribution is 8.00. The quantitative estimate of drug-likeness (QED) is 0.485. The minimum Gasteiger partial charge on any atom is -0.336 e. The molecule has 2 heterocycles. The monoisotopic (exact) mass is 460 g/mol. The fourth-order valence-corrected chi connectivity index (χ4v) is 5.92. The molecule has 0 bridgehead atoms. The Morgan fingerprint density at radius 2 is 1.85 bits per heavy atom. The lowest BCUT2D eigenvalue weighted by Gasteiger charge is -2.36. The Hall–Kier alpha value is -2.57. The van der Waals surface area contributed by atoms with Crippen molar-refractivity contribution in [2.24, 2.45) is 5.92 Å². The summed E-state index contributed by atoms with van der Waals surface area (Å²) in [7, 11) is 0. The molecule has 1 aromatic heterocycles. The van der Waals surface area contributed by atoms with Gasteiger partial charge in [-0.05, 0) is 73.5 Å². The van der Waals surface area contributed by atoms with Crippen LogP contribution >= 0.6 is 11.9 Å². The van der Waals surface area contributed by atoms with Crippen LogP contribution in [0.1, 0.15) is 41.6 Å². The molecule has 6 heteroatoms. The first-order chi connectivity index (χ1) is 16.2. The largest absolute Gasteiger partial charge is 0.336 e. The summed E-state index contributed by atoms with van der Waals surface area (Å²) in [6, 6.07) is 16.2. The molecule has 1 aliphatic heterocycles. The van der Waals surface area contributed by atoms with Crippen molar-refractivity contribution in [3.8, 4) is 0 Å². The van der Waals surface area contributed by atoms with Crippen molar-refractivity contribution in [3.63, 3.8) is 0 Å². The lowest BCUT2D eigenvalue weighted by molar-refractivity contribution is 0.0618. The third kappa shape index (κ3) is 5.17. The zero-order chi connectivity index (χ0) is 22.6. The zero-order valence-corrected chi connectivity index (χ0v) is 20.1. The van der Waals surface area contributed by atoms with Crippen LogP contribution in [0.5, 0.6) is 0 Å². The Bertz CT molecular complexity index is 1110. The molecule has 0 spiro atoms. The van der Waals surface area contributed by atoms with Gasteiger partial charge in [-0.15, -0.1) is 0 Å². The number of nitrogens with zero attached hydrogens (tertiary/aromatic N) is 3. The first-order valence-electron chi connectivity index (χ1n) is 12.1. The summed E-state index contributed by atoms with van der Waals surface area (Å²) in [4.78, 5) is 23.3. The van der Waals surface area contributed by atoms with Gasteiger partial charge in [0.15, 0.2) is 0 Å². The van der Waals surface area contributed by atoms with E-state index in [1.807, 2.05) is 35.4 Å². The van der Waals surface area contributed by atoms with Gasteiger partial charge in [-0.25, -0.2) is 0 Å². The number of fused-ring (bicyclic) bond motifs is 1. The van der Waals surface area contributed by atoms with Gasteiger partial charge in [0.25, 0.3) is 5.91 Å². The van der Waals surface area contributed by atoms with E-state index in [4.69, 9.17) is 0 Å². The van der Waals surface area contributed by atoms with E-state index in [2.05, 4.69) is 45.8 Å². The minimum absolute atomic E-state index is 0.149. The Morgan fingerprint density at radius 1 is 1.06 bits per heavy atom. The van der Waals surface area contributed by atoms with Crippen LogP contribution in [0.4, 0.5) is 5.69 Å². The number of carbonyl (C=O) groups is 1. The van der Waals surface area contributed by atoms with Crippen molar-refractivity contribution in [3.05, 3.63) is 65.9 Å². The molecular weight excluding hydrogens is 428 g/mol. The number of anilines is 1. The number of aromatic nitrogens is 1. The van der Waals surface area contributed by atoms with Gasteiger partial charge in [-0.2, -0.15) is 0 Å².